The maximum Gasteiger partial charge on any atom is 0.287 e. The maximum absolute atomic E-state index is 13.0. The van der Waals surface area contributed by atoms with Crippen molar-refractivity contribution in [2.45, 2.75) is 32.2 Å². The van der Waals surface area contributed by atoms with E-state index < -0.39 is 29.6 Å². The number of hydrogen-bond acceptors (Lipinski definition) is 6. The molecule has 9 heteroatoms. The third kappa shape index (κ3) is 11.2. The van der Waals surface area contributed by atoms with E-state index in [2.05, 4.69) is 14.8 Å². The molecule has 1 unspecified atom stereocenters. The fraction of sp³-hybridized carbons (Fsp3) is 0.233. The van der Waals surface area contributed by atoms with E-state index in [1.807, 2.05) is 85.8 Å². The van der Waals surface area contributed by atoms with Gasteiger partial charge in [-0.1, -0.05) is 90.5 Å². The van der Waals surface area contributed by atoms with Crippen molar-refractivity contribution in [1.29, 1.82) is 0 Å². The summed E-state index contributed by atoms with van der Waals surface area (Å²) < 4.78 is 9.28. The molecule has 39 heavy (non-hydrogen) atoms. The van der Waals surface area contributed by atoms with E-state index in [4.69, 9.17) is 11.5 Å². The van der Waals surface area contributed by atoms with E-state index in [9.17, 15) is 14.4 Å². The van der Waals surface area contributed by atoms with Gasteiger partial charge in [0.05, 0.1) is 0 Å². The summed E-state index contributed by atoms with van der Waals surface area (Å²) in [5.74, 6) is -3.27. The highest BCUT2D eigenvalue weighted by Crippen LogP contribution is 2.15. The Morgan fingerprint density at radius 2 is 1.46 bits per heavy atom. The van der Waals surface area contributed by atoms with Gasteiger partial charge in [0.25, 0.3) is 11.8 Å². The first-order valence-electron chi connectivity index (χ1n) is 12.0. The first-order valence-corrected chi connectivity index (χ1v) is 12.0. The molecule has 208 valence electrons. The lowest BCUT2D eigenvalue weighted by molar-refractivity contribution is -0.188. The average Bonchev–Trinajstić information content (AvgIpc) is 2.93. The SMILES string of the molecule is COC(C)(N)OC.Cc1ccc(C=Cc2ccccc2C(=O)NC(Cc2ccccc2)C(=O)C(N)=O)cc1.Cl. The molecule has 2 amide bonds. The van der Waals surface area contributed by atoms with Crippen molar-refractivity contribution in [2.75, 3.05) is 14.2 Å². The van der Waals surface area contributed by atoms with Crippen LogP contribution in [0.1, 0.15) is 39.5 Å². The van der Waals surface area contributed by atoms with Crippen LogP contribution in [0.3, 0.4) is 0 Å². The molecule has 0 aromatic heterocycles. The number of carbonyl (C=O) groups excluding carboxylic acids is 3. The van der Waals surface area contributed by atoms with Gasteiger partial charge >= 0.3 is 0 Å². The normalized spacial score (nSPS) is 11.5. The summed E-state index contributed by atoms with van der Waals surface area (Å²) in [6.45, 7) is 3.65. The van der Waals surface area contributed by atoms with Gasteiger partial charge in [-0.05, 0) is 29.7 Å². The highest BCUT2D eigenvalue weighted by molar-refractivity contribution is 6.38. The predicted molar refractivity (Wildman–Crippen MR) is 156 cm³/mol. The summed E-state index contributed by atoms with van der Waals surface area (Å²) >= 11 is 0. The quantitative estimate of drug-likeness (QED) is 0.198. The first-order chi connectivity index (χ1) is 18.1. The lowest BCUT2D eigenvalue weighted by atomic mass is 10.00. The second-order valence-corrected chi connectivity index (χ2v) is 8.70. The second kappa shape index (κ2) is 16.2. The van der Waals surface area contributed by atoms with Crippen molar-refractivity contribution in [2.24, 2.45) is 11.5 Å². The Labute approximate surface area is 235 Å². The van der Waals surface area contributed by atoms with Gasteiger partial charge in [0.1, 0.15) is 6.04 Å². The molecular formula is C30H36ClN3O5. The van der Waals surface area contributed by atoms with E-state index in [-0.39, 0.29) is 18.8 Å². The standard InChI is InChI=1S/C26H24N2O3.C4H11NO2.ClH/c1-18-11-13-19(14-12-18)15-16-21-9-5-6-10-22(21)26(31)28-23(24(29)25(27)30)17-20-7-3-2-4-8-20;1-4(5,6-2)7-3;/h2-16,23H,17H2,1H3,(H2,27,30)(H,28,31);5H2,1-3H3;1H. The molecule has 5 N–H and O–H groups in total. The van der Waals surface area contributed by atoms with Crippen LogP contribution in [0.5, 0.6) is 0 Å². The fourth-order valence-corrected chi connectivity index (χ4v) is 3.26. The van der Waals surface area contributed by atoms with Gasteiger partial charge in [-0.25, -0.2) is 0 Å². The van der Waals surface area contributed by atoms with Crippen molar-refractivity contribution in [3.8, 4) is 0 Å². The lowest BCUT2D eigenvalue weighted by Gasteiger charge is -2.19. The zero-order valence-electron chi connectivity index (χ0n) is 22.5. The van der Waals surface area contributed by atoms with Crippen LogP contribution in [0.4, 0.5) is 0 Å². The summed E-state index contributed by atoms with van der Waals surface area (Å²) in [6.07, 6.45) is 3.94. The highest BCUT2D eigenvalue weighted by Gasteiger charge is 2.26. The molecule has 0 saturated heterocycles. The Bertz CT molecular complexity index is 1240. The monoisotopic (exact) mass is 553 g/mol. The van der Waals surface area contributed by atoms with Crippen molar-refractivity contribution in [3.63, 3.8) is 0 Å². The molecule has 1 atom stereocenters. The molecule has 3 aromatic carbocycles. The zero-order chi connectivity index (χ0) is 28.1. The summed E-state index contributed by atoms with van der Waals surface area (Å²) in [7, 11) is 2.98. The lowest BCUT2D eigenvalue weighted by Crippen LogP contribution is -2.47. The fourth-order valence-electron chi connectivity index (χ4n) is 3.26. The number of carbonyl (C=O) groups is 3. The number of ketones is 1. The number of nitrogens with two attached hydrogens (primary N) is 2. The second-order valence-electron chi connectivity index (χ2n) is 8.70. The van der Waals surface area contributed by atoms with E-state index in [0.717, 1.165) is 11.1 Å². The van der Waals surface area contributed by atoms with E-state index in [1.165, 1.54) is 19.8 Å². The van der Waals surface area contributed by atoms with Crippen molar-refractivity contribution in [3.05, 3.63) is 107 Å². The molecule has 3 aromatic rings. The number of ether oxygens (including phenoxy) is 2. The Hall–Kier alpha value is -3.82. The molecular weight excluding hydrogens is 518 g/mol. The number of benzene rings is 3. The topological polar surface area (TPSA) is 134 Å². The predicted octanol–water partition coefficient (Wildman–Crippen LogP) is 3.89. The van der Waals surface area contributed by atoms with Gasteiger partial charge in [0, 0.05) is 33.1 Å². The van der Waals surface area contributed by atoms with Gasteiger partial charge in [-0.3, -0.25) is 20.1 Å². The third-order valence-corrected chi connectivity index (χ3v) is 5.70. The number of nitrogens with one attached hydrogen (secondary N) is 1. The Morgan fingerprint density at radius 3 is 2.00 bits per heavy atom. The van der Waals surface area contributed by atoms with Crippen LogP contribution in [0.15, 0.2) is 78.9 Å². The van der Waals surface area contributed by atoms with Gasteiger partial charge in [-0.15, -0.1) is 12.4 Å². The summed E-state index contributed by atoms with van der Waals surface area (Å²) in [5.41, 5.74) is 14.6. The molecule has 0 fully saturated rings. The number of hydrogen-bond donors (Lipinski definition) is 3. The molecule has 8 nitrogen and oxygen atoms in total. The molecule has 0 radical (unpaired) electrons. The average molecular weight is 554 g/mol. The molecule has 0 spiro atoms. The van der Waals surface area contributed by atoms with Crippen LogP contribution in [-0.2, 0) is 25.5 Å². The number of rotatable bonds is 10. The smallest absolute Gasteiger partial charge is 0.287 e. The van der Waals surface area contributed by atoms with Crippen LogP contribution in [0.25, 0.3) is 12.2 Å². The minimum atomic E-state index is -1.08. The number of aryl methyl sites for hydroxylation is 1. The van der Waals surface area contributed by atoms with Crippen LogP contribution >= 0.6 is 12.4 Å². The molecule has 0 aliphatic carbocycles. The van der Waals surface area contributed by atoms with Crippen molar-refractivity contribution in [1.82, 2.24) is 5.32 Å². The van der Waals surface area contributed by atoms with E-state index in [1.54, 1.807) is 19.1 Å². The molecule has 0 bridgehead atoms. The van der Waals surface area contributed by atoms with E-state index in [0.29, 0.717) is 11.1 Å². The van der Waals surface area contributed by atoms with Crippen LogP contribution in [-0.4, -0.2) is 43.8 Å². The van der Waals surface area contributed by atoms with Gasteiger partial charge < -0.3 is 20.5 Å². The molecule has 0 saturated carbocycles. The Kier molecular flexibility index (Phi) is 13.8. The number of amides is 2. The Balaban J connectivity index is 0.000000841. The molecule has 0 aliphatic rings. The Morgan fingerprint density at radius 1 is 0.897 bits per heavy atom. The minimum Gasteiger partial charge on any atom is -0.363 e. The molecule has 0 heterocycles. The highest BCUT2D eigenvalue weighted by atomic mass is 35.5. The largest absolute Gasteiger partial charge is 0.363 e. The van der Waals surface area contributed by atoms with Crippen LogP contribution in [0.2, 0.25) is 0 Å². The number of methoxy groups -OCH3 is 2. The summed E-state index contributed by atoms with van der Waals surface area (Å²) in [4.78, 5) is 36.8. The van der Waals surface area contributed by atoms with Crippen molar-refractivity contribution < 1.29 is 23.9 Å². The van der Waals surface area contributed by atoms with Crippen molar-refractivity contribution >= 4 is 42.2 Å². The van der Waals surface area contributed by atoms with E-state index >= 15 is 0 Å². The molecule has 3 rings (SSSR count). The number of Topliss-reactive ketones (excluding diaryl/α,β-unsaturated/α-hetero) is 1. The summed E-state index contributed by atoms with van der Waals surface area (Å²) in [5, 5.41) is 2.69. The minimum absolute atomic E-state index is 0. The summed E-state index contributed by atoms with van der Waals surface area (Å²) in [6, 6.07) is 23.2. The van der Waals surface area contributed by atoms with Gasteiger partial charge in [0.15, 0.2) is 0 Å². The van der Waals surface area contributed by atoms with Crippen LogP contribution in [0, 0.1) is 6.92 Å². The van der Waals surface area contributed by atoms with Gasteiger partial charge in [-0.2, -0.15) is 0 Å². The number of halogens is 1. The first kappa shape index (κ1) is 33.2. The van der Waals surface area contributed by atoms with Crippen LogP contribution < -0.4 is 16.8 Å². The third-order valence-electron chi connectivity index (χ3n) is 5.70. The van der Waals surface area contributed by atoms with Gasteiger partial charge in [0.2, 0.25) is 11.7 Å². The number of primary amides is 1. The molecule has 0 aliphatic heterocycles. The zero-order valence-corrected chi connectivity index (χ0v) is 23.4. The maximum atomic E-state index is 13.0.